The van der Waals surface area contributed by atoms with Crippen LogP contribution in [0.25, 0.3) is 0 Å². The van der Waals surface area contributed by atoms with Gasteiger partial charge < -0.3 is 29.9 Å². The number of aromatic hydroxyl groups is 3. The van der Waals surface area contributed by atoms with Crippen molar-refractivity contribution in [2.75, 3.05) is 6.61 Å². The molecule has 0 amide bonds. The van der Waals surface area contributed by atoms with Gasteiger partial charge in [-0.05, 0) is 17.7 Å². The van der Waals surface area contributed by atoms with Crippen molar-refractivity contribution in [3.05, 3.63) is 47.5 Å². The van der Waals surface area contributed by atoms with Crippen LogP contribution in [0.4, 0.5) is 0 Å². The smallest absolute Gasteiger partial charge is 0.329 e. The maximum Gasteiger partial charge on any atom is 0.329 e. The molecule has 0 saturated heterocycles. The first-order valence-corrected chi connectivity index (χ1v) is 7.26. The lowest BCUT2D eigenvalue weighted by Gasteiger charge is -2.32. The molecular weight excluding hydrogens is 332 g/mol. The number of rotatable bonds is 4. The van der Waals surface area contributed by atoms with Crippen LogP contribution in [0, 0.1) is 0 Å². The number of benzene rings is 2. The molecule has 0 fully saturated rings. The summed E-state index contributed by atoms with van der Waals surface area (Å²) >= 11 is 0. The van der Waals surface area contributed by atoms with Crippen molar-refractivity contribution in [3.63, 3.8) is 0 Å². The summed E-state index contributed by atoms with van der Waals surface area (Å²) in [7, 11) is 0. The fourth-order valence-electron chi connectivity index (χ4n) is 2.64. The van der Waals surface area contributed by atoms with Gasteiger partial charge in [-0.3, -0.25) is 4.79 Å². The van der Waals surface area contributed by atoms with Gasteiger partial charge in [0.25, 0.3) is 0 Å². The van der Waals surface area contributed by atoms with Crippen molar-refractivity contribution in [2.24, 2.45) is 0 Å². The number of hydrogen-bond donors (Lipinski definition) is 4. The zero-order valence-corrected chi connectivity index (χ0v) is 12.7. The first-order chi connectivity index (χ1) is 11.9. The standard InChI is InChI=1S/C17H14O8/c18-9-3-1-8(2-4-9)16-17(24-7-13(21)22)15(23)14-11(20)5-10(19)6-12(14)25-16/h1-6,16-20H,7H2,(H,21,22)/t16-,17+/m1/s1. The molecule has 3 rings (SSSR count). The number of phenolic OH excluding ortho intramolecular Hbond substituents is 3. The molecule has 0 aromatic heterocycles. The van der Waals surface area contributed by atoms with Gasteiger partial charge in [-0.15, -0.1) is 0 Å². The van der Waals surface area contributed by atoms with Gasteiger partial charge >= 0.3 is 5.97 Å². The predicted molar refractivity (Wildman–Crippen MR) is 83.0 cm³/mol. The largest absolute Gasteiger partial charge is 0.508 e. The van der Waals surface area contributed by atoms with Crippen LogP contribution in [0.15, 0.2) is 36.4 Å². The third-order valence-electron chi connectivity index (χ3n) is 3.71. The van der Waals surface area contributed by atoms with Crippen LogP contribution in [0.3, 0.4) is 0 Å². The molecule has 2 aromatic carbocycles. The molecule has 0 unspecified atom stereocenters. The van der Waals surface area contributed by atoms with E-state index in [1.165, 1.54) is 30.3 Å². The lowest BCUT2D eigenvalue weighted by molar-refractivity contribution is -0.145. The third-order valence-corrected chi connectivity index (χ3v) is 3.71. The quantitative estimate of drug-likeness (QED) is 0.656. The Kier molecular flexibility index (Phi) is 4.20. The Hall–Kier alpha value is -3.26. The second-order valence-electron chi connectivity index (χ2n) is 5.46. The lowest BCUT2D eigenvalue weighted by atomic mass is 9.92. The number of ketones is 1. The zero-order chi connectivity index (χ0) is 18.1. The molecule has 25 heavy (non-hydrogen) atoms. The average molecular weight is 346 g/mol. The molecule has 1 heterocycles. The molecule has 2 atom stereocenters. The number of carboxylic acid groups (broad SMARTS) is 1. The average Bonchev–Trinajstić information content (AvgIpc) is 2.53. The predicted octanol–water partition coefficient (Wildman–Crippen LogP) is 1.59. The summed E-state index contributed by atoms with van der Waals surface area (Å²) in [5, 5.41) is 37.7. The number of carbonyl (C=O) groups is 2. The zero-order valence-electron chi connectivity index (χ0n) is 12.7. The molecule has 0 bridgehead atoms. The van der Waals surface area contributed by atoms with E-state index >= 15 is 0 Å². The van der Waals surface area contributed by atoms with E-state index in [1.807, 2.05) is 0 Å². The van der Waals surface area contributed by atoms with E-state index in [0.717, 1.165) is 6.07 Å². The Bertz CT molecular complexity index is 827. The maximum atomic E-state index is 12.7. The Morgan fingerprint density at radius 1 is 1.08 bits per heavy atom. The topological polar surface area (TPSA) is 134 Å². The number of fused-ring (bicyclic) bond motifs is 1. The van der Waals surface area contributed by atoms with Crippen molar-refractivity contribution in [2.45, 2.75) is 12.2 Å². The van der Waals surface area contributed by atoms with Crippen LogP contribution in [0.2, 0.25) is 0 Å². The molecule has 8 heteroatoms. The van der Waals surface area contributed by atoms with E-state index in [9.17, 15) is 24.9 Å². The normalized spacial score (nSPS) is 19.1. The fraction of sp³-hybridized carbons (Fsp3) is 0.176. The minimum absolute atomic E-state index is 0.00424. The second-order valence-corrected chi connectivity index (χ2v) is 5.46. The minimum atomic E-state index is -1.32. The van der Waals surface area contributed by atoms with Gasteiger partial charge in [0.15, 0.2) is 12.2 Å². The molecule has 0 radical (unpaired) electrons. The summed E-state index contributed by atoms with van der Waals surface area (Å²) < 4.78 is 10.9. The number of carboxylic acids is 1. The van der Waals surface area contributed by atoms with Gasteiger partial charge in [0.2, 0.25) is 5.78 Å². The lowest BCUT2D eigenvalue weighted by Crippen LogP contribution is -2.39. The number of Topliss-reactive ketones (excluding diaryl/α,β-unsaturated/α-hetero) is 1. The molecule has 130 valence electrons. The van der Waals surface area contributed by atoms with Gasteiger partial charge in [0, 0.05) is 12.1 Å². The number of hydrogen-bond acceptors (Lipinski definition) is 7. The number of carbonyl (C=O) groups excluding carboxylic acids is 1. The Morgan fingerprint density at radius 3 is 2.40 bits per heavy atom. The summed E-state index contributed by atoms with van der Waals surface area (Å²) in [4.78, 5) is 23.5. The second kappa shape index (κ2) is 6.33. The van der Waals surface area contributed by atoms with E-state index in [0.29, 0.717) is 5.56 Å². The van der Waals surface area contributed by atoms with E-state index in [1.54, 1.807) is 0 Å². The highest BCUT2D eigenvalue weighted by Crippen LogP contribution is 2.42. The van der Waals surface area contributed by atoms with E-state index < -0.39 is 36.3 Å². The molecule has 0 spiro atoms. The molecule has 8 nitrogen and oxygen atoms in total. The molecule has 2 aromatic rings. The number of ether oxygens (including phenoxy) is 2. The summed E-state index contributed by atoms with van der Waals surface area (Å²) in [6.07, 6.45) is -2.33. The fourth-order valence-corrected chi connectivity index (χ4v) is 2.64. The molecule has 1 aliphatic heterocycles. The summed E-state index contributed by atoms with van der Waals surface area (Å²) in [5.74, 6) is -2.76. The van der Waals surface area contributed by atoms with Crippen molar-refractivity contribution >= 4 is 11.8 Å². The van der Waals surface area contributed by atoms with Crippen LogP contribution >= 0.6 is 0 Å². The van der Waals surface area contributed by atoms with Gasteiger partial charge in [0.1, 0.15) is 35.2 Å². The van der Waals surface area contributed by atoms with Crippen molar-refractivity contribution in [3.8, 4) is 23.0 Å². The van der Waals surface area contributed by atoms with Crippen molar-refractivity contribution < 1.29 is 39.5 Å². The first-order valence-electron chi connectivity index (χ1n) is 7.26. The maximum absolute atomic E-state index is 12.7. The van der Waals surface area contributed by atoms with E-state index in [-0.39, 0.29) is 22.8 Å². The highest BCUT2D eigenvalue weighted by atomic mass is 16.6. The highest BCUT2D eigenvalue weighted by Gasteiger charge is 2.41. The summed E-state index contributed by atoms with van der Waals surface area (Å²) in [5.41, 5.74) is 0.262. The van der Waals surface area contributed by atoms with Gasteiger partial charge in [-0.25, -0.2) is 4.79 Å². The molecular formula is C17H14O8. The van der Waals surface area contributed by atoms with Gasteiger partial charge in [-0.1, -0.05) is 12.1 Å². The molecule has 4 N–H and O–H groups in total. The van der Waals surface area contributed by atoms with Crippen LogP contribution in [-0.4, -0.2) is 44.9 Å². The Morgan fingerprint density at radius 2 is 1.76 bits per heavy atom. The van der Waals surface area contributed by atoms with E-state index in [2.05, 4.69) is 0 Å². The highest BCUT2D eigenvalue weighted by molar-refractivity contribution is 6.05. The van der Waals surface area contributed by atoms with E-state index in [4.69, 9.17) is 14.6 Å². The summed E-state index contributed by atoms with van der Waals surface area (Å²) in [6, 6.07) is 7.92. The number of aliphatic carboxylic acids is 1. The van der Waals surface area contributed by atoms with Gasteiger partial charge in [-0.2, -0.15) is 0 Å². The first kappa shape index (κ1) is 16.6. The van der Waals surface area contributed by atoms with Crippen molar-refractivity contribution in [1.82, 2.24) is 0 Å². The Balaban J connectivity index is 2.05. The Labute approximate surface area is 141 Å². The molecule has 1 aliphatic rings. The number of phenols is 3. The molecule has 0 aliphatic carbocycles. The molecule has 0 saturated carbocycles. The third kappa shape index (κ3) is 3.20. The van der Waals surface area contributed by atoms with Crippen LogP contribution in [-0.2, 0) is 9.53 Å². The van der Waals surface area contributed by atoms with Crippen LogP contribution < -0.4 is 4.74 Å². The van der Waals surface area contributed by atoms with Crippen LogP contribution in [0.1, 0.15) is 22.0 Å². The SMILES string of the molecule is O=C(O)CO[C@H]1C(=O)c2c(O)cc(O)cc2O[C@@H]1c1ccc(O)cc1. The van der Waals surface area contributed by atoms with Crippen LogP contribution in [0.5, 0.6) is 23.0 Å². The van der Waals surface area contributed by atoms with Gasteiger partial charge in [0.05, 0.1) is 0 Å². The minimum Gasteiger partial charge on any atom is -0.508 e. The van der Waals surface area contributed by atoms with Crippen molar-refractivity contribution in [1.29, 1.82) is 0 Å². The monoisotopic (exact) mass is 346 g/mol. The summed E-state index contributed by atoms with van der Waals surface area (Å²) in [6.45, 7) is -0.734.